The lowest BCUT2D eigenvalue weighted by Crippen LogP contribution is -2.37. The minimum absolute atomic E-state index is 0.00362. The number of carboxylic acid groups (broad SMARTS) is 1. The molecule has 0 bridgehead atoms. The number of fused-ring (bicyclic) bond motifs is 3. The van der Waals surface area contributed by atoms with Gasteiger partial charge in [0.25, 0.3) is 5.91 Å². The fourth-order valence-corrected chi connectivity index (χ4v) is 4.18. The number of nitrogens with zero attached hydrogens (tertiary/aromatic N) is 1. The molecule has 1 aliphatic rings. The molecular formula is C23H19F3N2O3. The molecule has 31 heavy (non-hydrogen) atoms. The number of nitrogens with one attached hydrogen (secondary N) is 1. The van der Waals surface area contributed by atoms with E-state index in [2.05, 4.69) is 4.98 Å². The highest BCUT2D eigenvalue weighted by atomic mass is 19.4. The summed E-state index contributed by atoms with van der Waals surface area (Å²) in [5, 5.41) is 10.7. The van der Waals surface area contributed by atoms with E-state index in [1.165, 1.54) is 12.1 Å². The maximum Gasteiger partial charge on any atom is 0.417 e. The quantitative estimate of drug-likeness (QED) is 0.600. The van der Waals surface area contributed by atoms with Gasteiger partial charge in [-0.2, -0.15) is 13.2 Å². The number of para-hydroxylation sites is 1. The number of aromatic amines is 1. The molecule has 0 atom stereocenters. The highest BCUT2D eigenvalue weighted by Gasteiger charge is 2.40. The first-order chi connectivity index (χ1) is 14.5. The fourth-order valence-electron chi connectivity index (χ4n) is 4.18. The van der Waals surface area contributed by atoms with Crippen molar-refractivity contribution in [2.24, 2.45) is 0 Å². The van der Waals surface area contributed by atoms with Gasteiger partial charge in [-0.3, -0.25) is 4.79 Å². The third-order valence-corrected chi connectivity index (χ3v) is 5.46. The van der Waals surface area contributed by atoms with Crippen LogP contribution in [0.15, 0.2) is 54.7 Å². The molecule has 0 spiro atoms. The average molecular weight is 428 g/mol. The van der Waals surface area contributed by atoms with Crippen LogP contribution in [0.1, 0.15) is 41.0 Å². The van der Waals surface area contributed by atoms with Crippen molar-refractivity contribution < 1.29 is 27.9 Å². The molecule has 5 nitrogen and oxygen atoms in total. The predicted molar refractivity (Wildman–Crippen MR) is 109 cm³/mol. The van der Waals surface area contributed by atoms with Gasteiger partial charge in [-0.05, 0) is 23.8 Å². The summed E-state index contributed by atoms with van der Waals surface area (Å²) in [7, 11) is 0. The summed E-state index contributed by atoms with van der Waals surface area (Å²) in [6.45, 7) is 3.67. The summed E-state index contributed by atoms with van der Waals surface area (Å²) in [6.07, 6.45) is -3.59. The van der Waals surface area contributed by atoms with E-state index < -0.39 is 34.6 Å². The number of aromatic nitrogens is 1. The normalized spacial score (nSPS) is 15.9. The van der Waals surface area contributed by atoms with E-state index in [9.17, 15) is 27.9 Å². The van der Waals surface area contributed by atoms with Crippen molar-refractivity contribution in [1.29, 1.82) is 0 Å². The van der Waals surface area contributed by atoms with E-state index in [1.807, 2.05) is 38.1 Å². The minimum atomic E-state index is -4.71. The van der Waals surface area contributed by atoms with Crippen molar-refractivity contribution in [1.82, 2.24) is 9.88 Å². The molecule has 2 N–H and O–H groups in total. The standard InChI is InChI=1S/C23H19F3N2O3/c1-22(2)12-28(20(29)13-7-3-5-9-16(13)23(24,25)26)11-15(21(30)31)19-18(22)14-8-4-6-10-17(14)27-19/h3-11,27H,12H2,1-2H3,(H,30,31). The number of halogens is 3. The van der Waals surface area contributed by atoms with E-state index in [1.54, 1.807) is 0 Å². The Morgan fingerprint density at radius 2 is 1.71 bits per heavy atom. The van der Waals surface area contributed by atoms with Crippen LogP contribution in [0.5, 0.6) is 0 Å². The van der Waals surface area contributed by atoms with Crippen molar-refractivity contribution in [3.8, 4) is 0 Å². The summed E-state index contributed by atoms with van der Waals surface area (Å²) in [5.41, 5.74) is -0.719. The van der Waals surface area contributed by atoms with E-state index in [0.717, 1.165) is 34.1 Å². The second kappa shape index (κ2) is 7.01. The number of hydrogen-bond donors (Lipinski definition) is 2. The maximum absolute atomic E-state index is 13.5. The van der Waals surface area contributed by atoms with E-state index in [0.29, 0.717) is 11.3 Å². The molecule has 3 aromatic rings. The van der Waals surface area contributed by atoms with Crippen LogP contribution in [0, 0.1) is 0 Å². The summed E-state index contributed by atoms with van der Waals surface area (Å²) < 4.78 is 40.4. The summed E-state index contributed by atoms with van der Waals surface area (Å²) in [5.74, 6) is -2.19. The molecule has 0 unspecified atom stereocenters. The SMILES string of the molecule is CC1(C)CN(C(=O)c2ccccc2C(F)(F)F)C=C(C(=O)O)c2[nH]c3ccccc3c21. The van der Waals surface area contributed by atoms with Crippen LogP contribution in [0.2, 0.25) is 0 Å². The van der Waals surface area contributed by atoms with Crippen LogP contribution in [0.4, 0.5) is 13.2 Å². The summed E-state index contributed by atoms with van der Waals surface area (Å²) in [4.78, 5) is 29.4. The molecule has 1 aliphatic heterocycles. The number of H-pyrrole nitrogens is 1. The predicted octanol–water partition coefficient (Wildman–Crippen LogP) is 5.05. The zero-order valence-corrected chi connectivity index (χ0v) is 16.7. The Bertz CT molecular complexity index is 1240. The Hall–Kier alpha value is -3.55. The van der Waals surface area contributed by atoms with Gasteiger partial charge in [0.2, 0.25) is 0 Å². The van der Waals surface area contributed by atoms with Gasteiger partial charge in [-0.1, -0.05) is 44.2 Å². The van der Waals surface area contributed by atoms with Gasteiger partial charge in [-0.25, -0.2) is 4.79 Å². The summed E-state index contributed by atoms with van der Waals surface area (Å²) >= 11 is 0. The molecule has 8 heteroatoms. The second-order valence-electron chi connectivity index (χ2n) is 8.13. The minimum Gasteiger partial charge on any atom is -0.478 e. The lowest BCUT2D eigenvalue weighted by molar-refractivity contribution is -0.138. The number of benzene rings is 2. The second-order valence-corrected chi connectivity index (χ2v) is 8.13. The molecule has 1 aromatic heterocycles. The molecule has 0 radical (unpaired) electrons. The van der Waals surface area contributed by atoms with E-state index in [-0.39, 0.29) is 12.1 Å². The fraction of sp³-hybridized carbons (Fsp3) is 0.217. The monoisotopic (exact) mass is 428 g/mol. The number of amides is 1. The molecule has 4 rings (SSSR count). The van der Waals surface area contributed by atoms with Crippen LogP contribution in [-0.4, -0.2) is 33.4 Å². The van der Waals surface area contributed by atoms with Crippen molar-refractivity contribution in [3.63, 3.8) is 0 Å². The number of carbonyl (C=O) groups is 2. The Morgan fingerprint density at radius 1 is 1.06 bits per heavy atom. The highest BCUT2D eigenvalue weighted by Crippen LogP contribution is 2.41. The molecule has 1 amide bonds. The van der Waals surface area contributed by atoms with Crippen LogP contribution in [0.25, 0.3) is 16.5 Å². The van der Waals surface area contributed by atoms with E-state index >= 15 is 0 Å². The van der Waals surface area contributed by atoms with Gasteiger partial charge in [0, 0.05) is 29.1 Å². The topological polar surface area (TPSA) is 73.4 Å². The highest BCUT2D eigenvalue weighted by molar-refractivity contribution is 6.17. The number of rotatable bonds is 2. The van der Waals surface area contributed by atoms with Crippen molar-refractivity contribution >= 4 is 28.4 Å². The lowest BCUT2D eigenvalue weighted by atomic mass is 9.81. The van der Waals surface area contributed by atoms with Crippen molar-refractivity contribution in [2.45, 2.75) is 25.4 Å². The Labute approximate surface area is 175 Å². The van der Waals surface area contributed by atoms with Crippen LogP contribution in [-0.2, 0) is 16.4 Å². The Kier molecular flexibility index (Phi) is 4.68. The third kappa shape index (κ3) is 3.48. The van der Waals surface area contributed by atoms with Crippen molar-refractivity contribution in [2.75, 3.05) is 6.54 Å². The van der Waals surface area contributed by atoms with Gasteiger partial charge < -0.3 is 15.0 Å². The maximum atomic E-state index is 13.5. The molecule has 2 aromatic carbocycles. The van der Waals surface area contributed by atoms with Gasteiger partial charge in [0.1, 0.15) is 0 Å². The van der Waals surface area contributed by atoms with Gasteiger partial charge in [0.05, 0.1) is 22.4 Å². The number of carbonyl (C=O) groups excluding carboxylic acids is 1. The number of carboxylic acids is 1. The molecule has 0 saturated heterocycles. The Morgan fingerprint density at radius 3 is 2.39 bits per heavy atom. The molecule has 0 saturated carbocycles. The van der Waals surface area contributed by atoms with Gasteiger partial charge in [-0.15, -0.1) is 0 Å². The molecular weight excluding hydrogens is 409 g/mol. The third-order valence-electron chi connectivity index (χ3n) is 5.46. The zero-order valence-electron chi connectivity index (χ0n) is 16.7. The van der Waals surface area contributed by atoms with Crippen molar-refractivity contribution in [3.05, 3.63) is 77.1 Å². The van der Waals surface area contributed by atoms with Crippen LogP contribution < -0.4 is 0 Å². The smallest absolute Gasteiger partial charge is 0.417 e. The first-order valence-corrected chi connectivity index (χ1v) is 9.54. The largest absolute Gasteiger partial charge is 0.478 e. The molecule has 2 heterocycles. The number of hydrogen-bond acceptors (Lipinski definition) is 2. The van der Waals surface area contributed by atoms with Gasteiger partial charge in [0.15, 0.2) is 0 Å². The van der Waals surface area contributed by atoms with Crippen LogP contribution >= 0.6 is 0 Å². The lowest BCUT2D eigenvalue weighted by Gasteiger charge is -2.30. The van der Waals surface area contributed by atoms with E-state index in [4.69, 9.17) is 0 Å². The number of alkyl halides is 3. The first kappa shape index (κ1) is 20.7. The zero-order chi connectivity index (χ0) is 22.6. The molecule has 0 fully saturated rings. The first-order valence-electron chi connectivity index (χ1n) is 9.54. The molecule has 160 valence electrons. The molecule has 0 aliphatic carbocycles. The van der Waals surface area contributed by atoms with Crippen LogP contribution in [0.3, 0.4) is 0 Å². The summed E-state index contributed by atoms with van der Waals surface area (Å²) in [6, 6.07) is 11.8. The Balaban J connectivity index is 1.90. The van der Waals surface area contributed by atoms with Gasteiger partial charge >= 0.3 is 12.1 Å². The average Bonchev–Trinajstić information content (AvgIpc) is 3.04. The number of aliphatic carboxylic acids is 1.